The van der Waals surface area contributed by atoms with Crippen LogP contribution >= 0.6 is 11.8 Å². The highest BCUT2D eigenvalue weighted by Gasteiger charge is 2.35. The molecule has 0 N–H and O–H groups in total. The van der Waals surface area contributed by atoms with Gasteiger partial charge in [0.25, 0.3) is 0 Å². The molecule has 2 aromatic rings. The third-order valence-corrected chi connectivity index (χ3v) is 5.67. The Hall–Kier alpha value is -2.54. The Balaban J connectivity index is 1.94. The molecule has 0 radical (unpaired) electrons. The predicted octanol–water partition coefficient (Wildman–Crippen LogP) is 3.50. The van der Waals surface area contributed by atoms with Crippen molar-refractivity contribution in [2.75, 3.05) is 34.2 Å². The van der Waals surface area contributed by atoms with Crippen LogP contribution in [0.1, 0.15) is 16.5 Å². The van der Waals surface area contributed by atoms with Crippen LogP contribution in [0.3, 0.4) is 0 Å². The zero-order chi connectivity index (χ0) is 19.4. The van der Waals surface area contributed by atoms with Gasteiger partial charge >= 0.3 is 0 Å². The van der Waals surface area contributed by atoms with E-state index in [1.165, 1.54) is 0 Å². The molecule has 1 aliphatic rings. The molecule has 0 aromatic heterocycles. The molecule has 6 nitrogen and oxygen atoms in total. The molecule has 3 rings (SSSR count). The lowest BCUT2D eigenvalue weighted by Gasteiger charge is -2.26. The Morgan fingerprint density at radius 3 is 2.30 bits per heavy atom. The third-order valence-electron chi connectivity index (χ3n) is 4.43. The first kappa shape index (κ1) is 19.2. The van der Waals surface area contributed by atoms with Crippen LogP contribution in [-0.4, -0.2) is 45.0 Å². The van der Waals surface area contributed by atoms with Crippen LogP contribution < -0.4 is 18.9 Å². The van der Waals surface area contributed by atoms with Gasteiger partial charge in [-0.05, 0) is 23.8 Å². The van der Waals surface area contributed by atoms with Crippen LogP contribution in [0.4, 0.5) is 0 Å². The van der Waals surface area contributed by atoms with Crippen LogP contribution in [0.25, 0.3) is 0 Å². The van der Waals surface area contributed by atoms with Crippen LogP contribution in [0.2, 0.25) is 0 Å². The van der Waals surface area contributed by atoms with Crippen molar-refractivity contribution in [3.05, 3.63) is 47.5 Å². The summed E-state index contributed by atoms with van der Waals surface area (Å²) < 4.78 is 21.7. The van der Waals surface area contributed by atoms with Gasteiger partial charge in [-0.2, -0.15) is 0 Å². The number of rotatable bonds is 7. The molecule has 1 amide bonds. The number of thioether (sulfide) groups is 1. The fraction of sp³-hybridized carbons (Fsp3) is 0.350. The molecule has 1 unspecified atom stereocenters. The van der Waals surface area contributed by atoms with Gasteiger partial charge in [-0.1, -0.05) is 12.1 Å². The fourth-order valence-corrected chi connectivity index (χ4v) is 4.35. The summed E-state index contributed by atoms with van der Waals surface area (Å²) in [5.41, 5.74) is 1.86. The standard InChI is InChI=1S/C20H23NO5S/c1-23-14-8-13(9-15(10-14)24-2)11-21-18(22)12-27-20(21)16-6-5-7-17(25-3)19(16)26-4/h5-10,20H,11-12H2,1-4H3. The molecule has 1 saturated heterocycles. The molecule has 1 atom stereocenters. The fourth-order valence-electron chi connectivity index (χ4n) is 3.14. The van der Waals surface area contributed by atoms with E-state index in [2.05, 4.69) is 0 Å². The lowest BCUT2D eigenvalue weighted by molar-refractivity contribution is -0.128. The van der Waals surface area contributed by atoms with E-state index in [0.29, 0.717) is 35.3 Å². The number of nitrogens with zero attached hydrogens (tertiary/aromatic N) is 1. The van der Waals surface area contributed by atoms with Crippen molar-refractivity contribution in [1.82, 2.24) is 4.90 Å². The summed E-state index contributed by atoms with van der Waals surface area (Å²) in [7, 11) is 6.44. The van der Waals surface area contributed by atoms with Gasteiger partial charge in [0.2, 0.25) is 5.91 Å². The number of carbonyl (C=O) groups excluding carboxylic acids is 1. The number of para-hydroxylation sites is 1. The van der Waals surface area contributed by atoms with E-state index in [4.69, 9.17) is 18.9 Å². The molecule has 0 saturated carbocycles. The van der Waals surface area contributed by atoms with Gasteiger partial charge in [0.05, 0.1) is 34.2 Å². The number of hydrogen-bond donors (Lipinski definition) is 0. The monoisotopic (exact) mass is 389 g/mol. The van der Waals surface area contributed by atoms with E-state index in [1.807, 2.05) is 41.3 Å². The van der Waals surface area contributed by atoms with Gasteiger partial charge in [0.15, 0.2) is 11.5 Å². The van der Waals surface area contributed by atoms with Crippen molar-refractivity contribution < 1.29 is 23.7 Å². The molecule has 1 heterocycles. The predicted molar refractivity (Wildman–Crippen MR) is 105 cm³/mol. The SMILES string of the molecule is COc1cc(CN2C(=O)CSC2c2cccc(OC)c2OC)cc(OC)c1. The molecular weight excluding hydrogens is 366 g/mol. The Morgan fingerprint density at radius 2 is 1.70 bits per heavy atom. The number of benzene rings is 2. The minimum Gasteiger partial charge on any atom is -0.497 e. The van der Waals surface area contributed by atoms with Crippen LogP contribution in [0.15, 0.2) is 36.4 Å². The van der Waals surface area contributed by atoms with Crippen molar-refractivity contribution in [2.24, 2.45) is 0 Å². The van der Waals surface area contributed by atoms with Crippen molar-refractivity contribution in [3.8, 4) is 23.0 Å². The van der Waals surface area contributed by atoms with Crippen molar-refractivity contribution in [1.29, 1.82) is 0 Å². The number of hydrogen-bond acceptors (Lipinski definition) is 6. The summed E-state index contributed by atoms with van der Waals surface area (Å²) in [5, 5.41) is -0.153. The summed E-state index contributed by atoms with van der Waals surface area (Å²) in [6.45, 7) is 0.449. The zero-order valence-corrected chi connectivity index (χ0v) is 16.7. The van der Waals surface area contributed by atoms with Crippen LogP contribution in [0.5, 0.6) is 23.0 Å². The van der Waals surface area contributed by atoms with Crippen LogP contribution in [-0.2, 0) is 11.3 Å². The largest absolute Gasteiger partial charge is 0.497 e. The highest BCUT2D eigenvalue weighted by molar-refractivity contribution is 8.00. The van der Waals surface area contributed by atoms with E-state index in [9.17, 15) is 4.79 Å². The van der Waals surface area contributed by atoms with Crippen molar-refractivity contribution >= 4 is 17.7 Å². The second kappa shape index (κ2) is 8.43. The molecule has 0 bridgehead atoms. The van der Waals surface area contributed by atoms with Gasteiger partial charge < -0.3 is 23.8 Å². The van der Waals surface area contributed by atoms with E-state index >= 15 is 0 Å². The Bertz CT molecular complexity index is 804. The van der Waals surface area contributed by atoms with Crippen LogP contribution in [0, 0.1) is 0 Å². The lowest BCUT2D eigenvalue weighted by atomic mass is 10.1. The van der Waals surface area contributed by atoms with Gasteiger partial charge in [-0.25, -0.2) is 0 Å². The maximum absolute atomic E-state index is 12.6. The molecule has 2 aromatic carbocycles. The molecule has 7 heteroatoms. The van der Waals surface area contributed by atoms with Gasteiger partial charge in [0, 0.05) is 18.2 Å². The highest BCUT2D eigenvalue weighted by Crippen LogP contribution is 2.46. The topological polar surface area (TPSA) is 57.2 Å². The molecule has 1 fully saturated rings. The second-order valence-corrected chi connectivity index (χ2v) is 7.06. The molecule has 144 valence electrons. The van der Waals surface area contributed by atoms with E-state index in [-0.39, 0.29) is 11.3 Å². The Kier molecular flexibility index (Phi) is 6.01. The Labute approximate surface area is 163 Å². The first-order valence-electron chi connectivity index (χ1n) is 8.45. The van der Waals surface area contributed by atoms with Gasteiger partial charge in [-0.15, -0.1) is 11.8 Å². The van der Waals surface area contributed by atoms with Gasteiger partial charge in [-0.3, -0.25) is 4.79 Å². The number of amides is 1. The summed E-state index contributed by atoms with van der Waals surface area (Å²) in [6, 6.07) is 11.4. The summed E-state index contributed by atoms with van der Waals surface area (Å²) in [4.78, 5) is 14.4. The average molecular weight is 389 g/mol. The van der Waals surface area contributed by atoms with E-state index in [0.717, 1.165) is 11.1 Å². The van der Waals surface area contributed by atoms with E-state index < -0.39 is 0 Å². The maximum Gasteiger partial charge on any atom is 0.234 e. The first-order chi connectivity index (χ1) is 13.1. The Morgan fingerprint density at radius 1 is 1.00 bits per heavy atom. The average Bonchev–Trinajstić information content (AvgIpc) is 3.06. The third kappa shape index (κ3) is 3.93. The minimum atomic E-state index is -0.153. The summed E-state index contributed by atoms with van der Waals surface area (Å²) in [5.74, 6) is 3.19. The first-order valence-corrected chi connectivity index (χ1v) is 9.50. The molecule has 0 aliphatic carbocycles. The summed E-state index contributed by atoms with van der Waals surface area (Å²) >= 11 is 1.58. The molecular formula is C20H23NO5S. The normalized spacial score (nSPS) is 16.4. The number of ether oxygens (including phenoxy) is 4. The number of carbonyl (C=O) groups is 1. The minimum absolute atomic E-state index is 0.0802. The number of methoxy groups -OCH3 is 4. The quantitative estimate of drug-likeness (QED) is 0.723. The second-order valence-electron chi connectivity index (χ2n) is 5.99. The molecule has 0 spiro atoms. The lowest BCUT2D eigenvalue weighted by Crippen LogP contribution is -2.28. The van der Waals surface area contributed by atoms with Gasteiger partial charge in [0.1, 0.15) is 16.9 Å². The van der Waals surface area contributed by atoms with Crippen molar-refractivity contribution in [2.45, 2.75) is 11.9 Å². The highest BCUT2D eigenvalue weighted by atomic mass is 32.2. The maximum atomic E-state index is 12.6. The molecule has 27 heavy (non-hydrogen) atoms. The summed E-state index contributed by atoms with van der Waals surface area (Å²) in [6.07, 6.45) is 0. The molecule has 1 aliphatic heterocycles. The van der Waals surface area contributed by atoms with E-state index in [1.54, 1.807) is 40.2 Å². The smallest absolute Gasteiger partial charge is 0.234 e. The zero-order valence-electron chi connectivity index (χ0n) is 15.9. The van der Waals surface area contributed by atoms with Crippen molar-refractivity contribution in [3.63, 3.8) is 0 Å².